The quantitative estimate of drug-likeness (QED) is 0.264. The molecule has 0 heterocycles. The molecule has 0 aliphatic carbocycles. The van der Waals surface area contributed by atoms with E-state index in [1.165, 1.54) is 44.5 Å². The van der Waals surface area contributed by atoms with E-state index >= 15 is 0 Å². The van der Waals surface area contributed by atoms with Gasteiger partial charge in [-0.2, -0.15) is 0 Å². The SMILES string of the molecule is Cc1ccc(C)cc1.Cc1ccc(C)cc1.Cc1ccc(C)cc1.Cc1ccc(C)cc1. The normalized spacial score (nSPS) is 9.25. The van der Waals surface area contributed by atoms with Crippen molar-refractivity contribution in [2.24, 2.45) is 0 Å². The van der Waals surface area contributed by atoms with E-state index in [0.29, 0.717) is 0 Å². The molecule has 0 N–H and O–H groups in total. The molecule has 0 fully saturated rings. The molecule has 32 heavy (non-hydrogen) atoms. The molecule has 4 aromatic carbocycles. The zero-order valence-electron chi connectivity index (χ0n) is 21.2. The largest absolute Gasteiger partial charge is 0.0591 e. The lowest BCUT2D eigenvalue weighted by molar-refractivity contribution is 1.40. The van der Waals surface area contributed by atoms with Crippen molar-refractivity contribution in [3.8, 4) is 0 Å². The van der Waals surface area contributed by atoms with Gasteiger partial charge in [-0.3, -0.25) is 0 Å². The zero-order chi connectivity index (χ0) is 23.9. The summed E-state index contributed by atoms with van der Waals surface area (Å²) in [6.45, 7) is 16.8. The Labute approximate surface area is 197 Å². The summed E-state index contributed by atoms with van der Waals surface area (Å²) >= 11 is 0. The molecule has 0 aliphatic heterocycles. The van der Waals surface area contributed by atoms with Crippen LogP contribution >= 0.6 is 0 Å². The first-order chi connectivity index (χ1) is 15.2. The summed E-state index contributed by atoms with van der Waals surface area (Å²) in [7, 11) is 0. The van der Waals surface area contributed by atoms with Gasteiger partial charge < -0.3 is 0 Å². The minimum absolute atomic E-state index is 1.33. The van der Waals surface area contributed by atoms with Crippen LogP contribution in [0.25, 0.3) is 0 Å². The zero-order valence-corrected chi connectivity index (χ0v) is 21.2. The van der Waals surface area contributed by atoms with Crippen LogP contribution in [0.3, 0.4) is 0 Å². The first kappa shape index (κ1) is 26.9. The summed E-state index contributed by atoms with van der Waals surface area (Å²) in [6, 6.07) is 33.9. The fraction of sp³-hybridized carbons (Fsp3) is 0.250. The average Bonchev–Trinajstić information content (AvgIpc) is 2.78. The van der Waals surface area contributed by atoms with Crippen molar-refractivity contribution in [2.75, 3.05) is 0 Å². The number of hydrogen-bond donors (Lipinski definition) is 0. The van der Waals surface area contributed by atoms with Gasteiger partial charge in [0.15, 0.2) is 0 Å². The Morgan fingerprint density at radius 1 is 0.188 bits per heavy atom. The fourth-order valence-electron chi connectivity index (χ4n) is 2.55. The van der Waals surface area contributed by atoms with Gasteiger partial charge in [-0.05, 0) is 55.4 Å². The molecule has 168 valence electrons. The van der Waals surface area contributed by atoms with Crippen LogP contribution in [-0.2, 0) is 0 Å². The third-order valence-corrected chi connectivity index (χ3v) is 4.87. The molecule has 0 saturated carbocycles. The first-order valence-corrected chi connectivity index (χ1v) is 11.3. The summed E-state index contributed by atoms with van der Waals surface area (Å²) in [5.41, 5.74) is 10.6. The maximum Gasteiger partial charge on any atom is -0.0398 e. The number of rotatable bonds is 0. The van der Waals surface area contributed by atoms with Crippen molar-refractivity contribution >= 4 is 0 Å². The van der Waals surface area contributed by atoms with Crippen molar-refractivity contribution in [1.29, 1.82) is 0 Å². The monoisotopic (exact) mass is 424 g/mol. The third kappa shape index (κ3) is 13.2. The van der Waals surface area contributed by atoms with Crippen LogP contribution in [0.1, 0.15) is 44.5 Å². The minimum Gasteiger partial charge on any atom is -0.0591 e. The average molecular weight is 425 g/mol. The Kier molecular flexibility index (Phi) is 12.5. The van der Waals surface area contributed by atoms with E-state index in [2.05, 4.69) is 152 Å². The van der Waals surface area contributed by atoms with Crippen LogP contribution in [0, 0.1) is 55.4 Å². The van der Waals surface area contributed by atoms with Gasteiger partial charge in [0, 0.05) is 0 Å². The molecule has 0 saturated heterocycles. The molecule has 0 aliphatic rings. The molecule has 0 atom stereocenters. The maximum absolute atomic E-state index is 2.12. The summed E-state index contributed by atoms with van der Waals surface area (Å²) in [5.74, 6) is 0. The Balaban J connectivity index is 0.000000213. The Morgan fingerprint density at radius 3 is 0.312 bits per heavy atom. The van der Waals surface area contributed by atoms with Crippen LogP contribution in [0.15, 0.2) is 97.1 Å². The van der Waals surface area contributed by atoms with E-state index < -0.39 is 0 Å². The van der Waals surface area contributed by atoms with E-state index in [-0.39, 0.29) is 0 Å². The highest BCUT2D eigenvalue weighted by atomic mass is 13.9. The molecular weight excluding hydrogens is 384 g/mol. The van der Waals surface area contributed by atoms with Crippen LogP contribution in [-0.4, -0.2) is 0 Å². The first-order valence-electron chi connectivity index (χ1n) is 11.3. The van der Waals surface area contributed by atoms with Crippen LogP contribution in [0.2, 0.25) is 0 Å². The second-order valence-electron chi connectivity index (χ2n) is 8.62. The molecule has 0 nitrogen and oxygen atoms in total. The molecule has 0 spiro atoms. The van der Waals surface area contributed by atoms with Gasteiger partial charge in [0.1, 0.15) is 0 Å². The van der Waals surface area contributed by atoms with E-state index in [0.717, 1.165) is 0 Å². The van der Waals surface area contributed by atoms with Crippen LogP contribution in [0.4, 0.5) is 0 Å². The van der Waals surface area contributed by atoms with Gasteiger partial charge in [-0.1, -0.05) is 142 Å². The highest BCUT2D eigenvalue weighted by Crippen LogP contribution is 2.01. The molecule has 4 aromatic rings. The molecular formula is C32H40. The standard InChI is InChI=1S/4C8H10/c4*1-7-3-5-8(2)6-4-7/h4*3-6H,1-2H3. The van der Waals surface area contributed by atoms with Crippen LogP contribution in [0.5, 0.6) is 0 Å². The number of hydrogen-bond acceptors (Lipinski definition) is 0. The molecule has 0 heteroatoms. The fourth-order valence-corrected chi connectivity index (χ4v) is 2.55. The van der Waals surface area contributed by atoms with Crippen molar-refractivity contribution in [3.63, 3.8) is 0 Å². The van der Waals surface area contributed by atoms with E-state index in [4.69, 9.17) is 0 Å². The highest BCUT2D eigenvalue weighted by molar-refractivity contribution is 5.21. The lowest BCUT2D eigenvalue weighted by Gasteiger charge is -1.90. The van der Waals surface area contributed by atoms with E-state index in [1.807, 2.05) is 0 Å². The molecule has 0 bridgehead atoms. The summed E-state index contributed by atoms with van der Waals surface area (Å²) in [5, 5.41) is 0. The van der Waals surface area contributed by atoms with Crippen molar-refractivity contribution in [3.05, 3.63) is 142 Å². The van der Waals surface area contributed by atoms with Crippen molar-refractivity contribution < 1.29 is 0 Å². The Bertz CT molecular complexity index is 730. The van der Waals surface area contributed by atoms with E-state index in [1.54, 1.807) is 0 Å². The van der Waals surface area contributed by atoms with Gasteiger partial charge in [-0.15, -0.1) is 0 Å². The summed E-state index contributed by atoms with van der Waals surface area (Å²) in [6.07, 6.45) is 0. The molecule has 0 amide bonds. The second kappa shape index (κ2) is 14.8. The van der Waals surface area contributed by atoms with Crippen molar-refractivity contribution in [1.82, 2.24) is 0 Å². The Morgan fingerprint density at radius 2 is 0.250 bits per heavy atom. The predicted molar refractivity (Wildman–Crippen MR) is 144 cm³/mol. The van der Waals surface area contributed by atoms with Gasteiger partial charge in [0.05, 0.1) is 0 Å². The van der Waals surface area contributed by atoms with Gasteiger partial charge in [0.2, 0.25) is 0 Å². The van der Waals surface area contributed by atoms with Gasteiger partial charge in [-0.25, -0.2) is 0 Å². The smallest absolute Gasteiger partial charge is 0.0398 e. The van der Waals surface area contributed by atoms with E-state index in [9.17, 15) is 0 Å². The topological polar surface area (TPSA) is 0 Å². The molecule has 0 aromatic heterocycles. The third-order valence-electron chi connectivity index (χ3n) is 4.87. The number of benzene rings is 4. The second-order valence-corrected chi connectivity index (χ2v) is 8.62. The predicted octanol–water partition coefficient (Wildman–Crippen LogP) is 9.21. The molecule has 4 rings (SSSR count). The molecule has 0 radical (unpaired) electrons. The highest BCUT2D eigenvalue weighted by Gasteiger charge is 1.82. The lowest BCUT2D eigenvalue weighted by atomic mass is 10.2. The summed E-state index contributed by atoms with van der Waals surface area (Å²) < 4.78 is 0. The lowest BCUT2D eigenvalue weighted by Crippen LogP contribution is -1.70. The minimum atomic E-state index is 1.33. The maximum atomic E-state index is 2.12. The molecule has 0 unspecified atom stereocenters. The van der Waals surface area contributed by atoms with Gasteiger partial charge >= 0.3 is 0 Å². The Hall–Kier alpha value is -3.12. The number of aryl methyl sites for hydroxylation is 8. The van der Waals surface area contributed by atoms with Crippen molar-refractivity contribution in [2.45, 2.75) is 55.4 Å². The van der Waals surface area contributed by atoms with Crippen LogP contribution < -0.4 is 0 Å². The summed E-state index contributed by atoms with van der Waals surface area (Å²) in [4.78, 5) is 0. The van der Waals surface area contributed by atoms with Gasteiger partial charge in [0.25, 0.3) is 0 Å².